The van der Waals surface area contributed by atoms with Crippen LogP contribution in [0, 0.1) is 11.3 Å². The first-order valence-corrected chi connectivity index (χ1v) is 4.68. The van der Waals surface area contributed by atoms with Gasteiger partial charge in [0.2, 0.25) is 0 Å². The summed E-state index contributed by atoms with van der Waals surface area (Å²) in [5.41, 5.74) is 4.71. The maximum Gasteiger partial charge on any atom is 0.313 e. The van der Waals surface area contributed by atoms with E-state index in [2.05, 4.69) is 0 Å². The van der Waals surface area contributed by atoms with Gasteiger partial charge in [-0.3, -0.25) is 4.79 Å². The summed E-state index contributed by atoms with van der Waals surface area (Å²) in [5.74, 6) is -0.590. The van der Waals surface area contributed by atoms with Crippen LogP contribution in [-0.4, -0.2) is 30.8 Å². The fourth-order valence-electron chi connectivity index (χ4n) is 1.59. The van der Waals surface area contributed by atoms with Crippen molar-refractivity contribution in [2.24, 2.45) is 17.1 Å². The number of hydrogen-bond acceptors (Lipinski definition) is 3. The summed E-state index contributed by atoms with van der Waals surface area (Å²) < 4.78 is 5.19. The van der Waals surface area contributed by atoms with Gasteiger partial charge in [0.05, 0.1) is 6.61 Å². The van der Waals surface area contributed by atoms with E-state index < -0.39 is 11.4 Å². The molecule has 0 bridgehead atoms. The summed E-state index contributed by atoms with van der Waals surface area (Å²) in [6.07, 6.45) is 1.94. The fraction of sp³-hybridized carbons (Fsp3) is 0.889. The summed E-state index contributed by atoms with van der Waals surface area (Å²) >= 11 is 0. The molecule has 1 fully saturated rings. The maximum absolute atomic E-state index is 11.1. The number of carboxylic acid groups (broad SMARTS) is 1. The van der Waals surface area contributed by atoms with E-state index in [1.165, 1.54) is 0 Å². The zero-order valence-corrected chi connectivity index (χ0v) is 7.95. The molecular formula is C9H17NO3. The molecule has 1 atom stereocenters. The first-order chi connectivity index (χ1) is 6.17. The van der Waals surface area contributed by atoms with Crippen LogP contribution in [0.25, 0.3) is 0 Å². The molecular weight excluding hydrogens is 170 g/mol. The topological polar surface area (TPSA) is 72.5 Å². The van der Waals surface area contributed by atoms with Gasteiger partial charge in [-0.05, 0) is 25.7 Å². The monoisotopic (exact) mass is 187 g/mol. The Morgan fingerprint density at radius 1 is 1.69 bits per heavy atom. The summed E-state index contributed by atoms with van der Waals surface area (Å²) in [4.78, 5) is 11.1. The number of aliphatic carboxylic acids is 1. The Morgan fingerprint density at radius 2 is 2.31 bits per heavy atom. The third-order valence-corrected chi connectivity index (χ3v) is 2.71. The van der Waals surface area contributed by atoms with Gasteiger partial charge in [-0.25, -0.2) is 0 Å². The number of carbonyl (C=O) groups is 1. The third kappa shape index (κ3) is 2.00. The van der Waals surface area contributed by atoms with Gasteiger partial charge >= 0.3 is 5.97 Å². The molecule has 13 heavy (non-hydrogen) atoms. The normalized spacial score (nSPS) is 21.1. The Balaban J connectivity index is 2.64. The van der Waals surface area contributed by atoms with Gasteiger partial charge in [-0.15, -0.1) is 0 Å². The van der Waals surface area contributed by atoms with Crippen molar-refractivity contribution in [3.05, 3.63) is 0 Å². The molecule has 76 valence electrons. The number of nitrogens with two attached hydrogens (primary N) is 1. The molecule has 0 heterocycles. The quantitative estimate of drug-likeness (QED) is 0.633. The minimum absolute atomic E-state index is 0.174. The second kappa shape index (κ2) is 4.07. The van der Waals surface area contributed by atoms with E-state index in [4.69, 9.17) is 15.6 Å². The lowest BCUT2D eigenvalue weighted by atomic mass is 9.83. The molecule has 0 amide bonds. The molecule has 0 saturated heterocycles. The third-order valence-electron chi connectivity index (χ3n) is 2.71. The highest BCUT2D eigenvalue weighted by Gasteiger charge is 2.50. The van der Waals surface area contributed by atoms with Crippen LogP contribution >= 0.6 is 0 Å². The largest absolute Gasteiger partial charge is 0.481 e. The predicted molar refractivity (Wildman–Crippen MR) is 48.3 cm³/mol. The molecule has 0 spiro atoms. The predicted octanol–water partition coefficient (Wildman–Crippen LogP) is 0.463. The van der Waals surface area contributed by atoms with Crippen LogP contribution in [0.1, 0.15) is 19.8 Å². The molecule has 0 aromatic heterocycles. The van der Waals surface area contributed by atoms with Gasteiger partial charge in [0, 0.05) is 13.2 Å². The zero-order valence-electron chi connectivity index (χ0n) is 7.95. The molecule has 3 N–H and O–H groups in total. The van der Waals surface area contributed by atoms with Crippen molar-refractivity contribution in [3.8, 4) is 0 Å². The van der Waals surface area contributed by atoms with Crippen LogP contribution in [-0.2, 0) is 9.53 Å². The molecule has 1 saturated carbocycles. The number of rotatable bonds is 6. The molecule has 4 heteroatoms. The van der Waals surface area contributed by atoms with Crippen LogP contribution in [0.15, 0.2) is 0 Å². The smallest absolute Gasteiger partial charge is 0.313 e. The maximum atomic E-state index is 11.1. The van der Waals surface area contributed by atoms with E-state index in [0.717, 1.165) is 12.8 Å². The average molecular weight is 187 g/mol. The number of hydrogen-bond donors (Lipinski definition) is 2. The van der Waals surface area contributed by atoms with Gasteiger partial charge < -0.3 is 15.6 Å². The second-order valence-corrected chi connectivity index (χ2v) is 3.58. The Kier molecular flexibility index (Phi) is 3.27. The zero-order chi connectivity index (χ0) is 9.90. The van der Waals surface area contributed by atoms with Crippen molar-refractivity contribution < 1.29 is 14.6 Å². The molecule has 0 aromatic carbocycles. The standard InChI is InChI=1S/C9H17NO3/c1-2-13-6-9(5-10,8(11)12)7-3-4-7/h7H,2-6,10H2,1H3,(H,11,12). The first-order valence-electron chi connectivity index (χ1n) is 4.68. The molecule has 1 rings (SSSR count). The van der Waals surface area contributed by atoms with Crippen LogP contribution in [0.2, 0.25) is 0 Å². The lowest BCUT2D eigenvalue weighted by molar-refractivity contribution is -0.154. The molecule has 1 unspecified atom stereocenters. The Morgan fingerprint density at radius 3 is 2.62 bits per heavy atom. The number of carboxylic acids is 1. The average Bonchev–Trinajstić information content (AvgIpc) is 2.90. The van der Waals surface area contributed by atoms with Crippen molar-refractivity contribution in [1.82, 2.24) is 0 Å². The molecule has 0 radical (unpaired) electrons. The van der Waals surface area contributed by atoms with Gasteiger partial charge in [-0.1, -0.05) is 0 Å². The number of ether oxygens (including phenoxy) is 1. The summed E-state index contributed by atoms with van der Waals surface area (Å²) in [7, 11) is 0. The van der Waals surface area contributed by atoms with E-state index in [0.29, 0.717) is 6.61 Å². The van der Waals surface area contributed by atoms with Crippen LogP contribution in [0.4, 0.5) is 0 Å². The lowest BCUT2D eigenvalue weighted by Gasteiger charge is -2.27. The van der Waals surface area contributed by atoms with Crippen molar-refractivity contribution in [1.29, 1.82) is 0 Å². The Hall–Kier alpha value is -0.610. The highest BCUT2D eigenvalue weighted by atomic mass is 16.5. The van der Waals surface area contributed by atoms with Gasteiger partial charge in [0.25, 0.3) is 0 Å². The van der Waals surface area contributed by atoms with Crippen molar-refractivity contribution >= 4 is 5.97 Å². The molecule has 0 aliphatic heterocycles. The van der Waals surface area contributed by atoms with Crippen molar-refractivity contribution in [3.63, 3.8) is 0 Å². The first kappa shape index (κ1) is 10.5. The van der Waals surface area contributed by atoms with Crippen molar-refractivity contribution in [2.75, 3.05) is 19.8 Å². The lowest BCUT2D eigenvalue weighted by Crippen LogP contribution is -2.44. The molecule has 1 aliphatic carbocycles. The van der Waals surface area contributed by atoms with Gasteiger partial charge in [-0.2, -0.15) is 0 Å². The van der Waals surface area contributed by atoms with Crippen molar-refractivity contribution in [2.45, 2.75) is 19.8 Å². The molecule has 1 aliphatic rings. The minimum atomic E-state index is -0.823. The van der Waals surface area contributed by atoms with E-state index in [9.17, 15) is 4.79 Å². The highest BCUT2D eigenvalue weighted by Crippen LogP contribution is 2.45. The molecule has 0 aromatic rings. The van der Waals surface area contributed by atoms with Gasteiger partial charge in [0.1, 0.15) is 5.41 Å². The van der Waals surface area contributed by atoms with Gasteiger partial charge in [0.15, 0.2) is 0 Å². The van der Waals surface area contributed by atoms with E-state index >= 15 is 0 Å². The summed E-state index contributed by atoms with van der Waals surface area (Å²) in [6.45, 7) is 2.82. The van der Waals surface area contributed by atoms with Crippen LogP contribution in [0.3, 0.4) is 0 Å². The second-order valence-electron chi connectivity index (χ2n) is 3.58. The fourth-order valence-corrected chi connectivity index (χ4v) is 1.59. The van der Waals surface area contributed by atoms with E-state index in [1.54, 1.807) is 0 Å². The van der Waals surface area contributed by atoms with Crippen LogP contribution in [0.5, 0.6) is 0 Å². The Bertz CT molecular complexity index is 191. The SMILES string of the molecule is CCOCC(CN)(C(=O)O)C1CC1. The molecule has 4 nitrogen and oxygen atoms in total. The summed E-state index contributed by atoms with van der Waals surface area (Å²) in [6, 6.07) is 0. The highest BCUT2D eigenvalue weighted by molar-refractivity contribution is 5.76. The Labute approximate surface area is 78.1 Å². The summed E-state index contributed by atoms with van der Waals surface area (Å²) in [5, 5.41) is 9.10. The van der Waals surface area contributed by atoms with Crippen LogP contribution < -0.4 is 5.73 Å². The van der Waals surface area contributed by atoms with E-state index in [-0.39, 0.29) is 19.1 Å². The minimum Gasteiger partial charge on any atom is -0.481 e. The van der Waals surface area contributed by atoms with E-state index in [1.807, 2.05) is 6.92 Å².